The minimum absolute atomic E-state index is 0.383. The van der Waals surface area contributed by atoms with E-state index < -0.39 is 5.97 Å². The van der Waals surface area contributed by atoms with E-state index in [-0.39, 0.29) is 0 Å². The van der Waals surface area contributed by atoms with E-state index >= 15 is 0 Å². The Hall–Kier alpha value is -1.36. The quantitative estimate of drug-likeness (QED) is 0.613. The smallest absolute Gasteiger partial charge is 0.340 e. The zero-order valence-electron chi connectivity index (χ0n) is 11.0. The molecule has 0 saturated carbocycles. The molecule has 0 aliphatic heterocycles. The molecule has 1 unspecified atom stereocenters. The van der Waals surface area contributed by atoms with Gasteiger partial charge in [-0.1, -0.05) is 6.92 Å². The average molecular weight is 268 g/mol. The molecule has 1 aromatic rings. The summed E-state index contributed by atoms with van der Waals surface area (Å²) < 4.78 is 4.70. The van der Waals surface area contributed by atoms with Gasteiger partial charge in [-0.05, 0) is 30.9 Å². The van der Waals surface area contributed by atoms with E-state index in [2.05, 4.69) is 18.5 Å². The first-order valence-electron chi connectivity index (χ1n) is 5.85. The number of carbonyl (C=O) groups excluding carboxylic acids is 1. The van der Waals surface area contributed by atoms with Gasteiger partial charge in [-0.2, -0.15) is 11.8 Å². The molecular weight excluding hydrogens is 248 g/mol. The molecule has 0 spiro atoms. The number of benzene rings is 1. The van der Waals surface area contributed by atoms with Gasteiger partial charge in [0.2, 0.25) is 0 Å². The first-order chi connectivity index (χ1) is 8.62. The summed E-state index contributed by atoms with van der Waals surface area (Å²) in [5.74, 6) is 0.614. The van der Waals surface area contributed by atoms with Crippen LogP contribution in [0.25, 0.3) is 0 Å². The number of nitrogens with two attached hydrogens (primary N) is 1. The van der Waals surface area contributed by atoms with Crippen molar-refractivity contribution in [2.24, 2.45) is 0 Å². The summed E-state index contributed by atoms with van der Waals surface area (Å²) in [7, 11) is 1.35. The van der Waals surface area contributed by atoms with Crippen LogP contribution in [0.4, 0.5) is 11.4 Å². The van der Waals surface area contributed by atoms with Crippen molar-refractivity contribution < 1.29 is 9.53 Å². The van der Waals surface area contributed by atoms with Gasteiger partial charge in [0.25, 0.3) is 0 Å². The number of esters is 1. The maximum atomic E-state index is 11.5. The number of nitrogens with one attached hydrogen (secondary N) is 1. The molecule has 0 bridgehead atoms. The van der Waals surface area contributed by atoms with E-state index in [0.717, 1.165) is 17.9 Å². The molecule has 1 atom stereocenters. The van der Waals surface area contributed by atoms with Gasteiger partial charge in [-0.15, -0.1) is 0 Å². The lowest BCUT2D eigenvalue weighted by atomic mass is 10.1. The molecule has 18 heavy (non-hydrogen) atoms. The zero-order chi connectivity index (χ0) is 13.5. The molecule has 0 aliphatic rings. The van der Waals surface area contributed by atoms with Crippen LogP contribution >= 0.6 is 11.8 Å². The first kappa shape index (κ1) is 14.7. The molecular formula is C13H20N2O2S. The lowest BCUT2D eigenvalue weighted by molar-refractivity contribution is 0.0602. The average Bonchev–Trinajstić information content (AvgIpc) is 2.39. The maximum Gasteiger partial charge on any atom is 0.340 e. The molecule has 1 rings (SSSR count). The number of methoxy groups -OCH3 is 1. The van der Waals surface area contributed by atoms with Gasteiger partial charge in [0.15, 0.2) is 0 Å². The summed E-state index contributed by atoms with van der Waals surface area (Å²) in [5.41, 5.74) is 7.49. The SMILES string of the molecule is CCC(CSC)Nc1ccc(N)c(C(=O)OC)c1. The van der Waals surface area contributed by atoms with Gasteiger partial charge in [0.05, 0.1) is 12.7 Å². The Morgan fingerprint density at radius 3 is 2.83 bits per heavy atom. The van der Waals surface area contributed by atoms with Gasteiger partial charge >= 0.3 is 5.97 Å². The number of rotatable bonds is 6. The number of ether oxygens (including phenoxy) is 1. The van der Waals surface area contributed by atoms with Crippen LogP contribution in [0.1, 0.15) is 23.7 Å². The molecule has 0 aromatic heterocycles. The predicted octanol–water partition coefficient (Wildman–Crippen LogP) is 2.61. The van der Waals surface area contributed by atoms with Crippen LogP contribution in [0.5, 0.6) is 0 Å². The highest BCUT2D eigenvalue weighted by Gasteiger charge is 2.12. The molecule has 0 radical (unpaired) electrons. The van der Waals surface area contributed by atoms with E-state index in [1.807, 2.05) is 6.07 Å². The summed E-state index contributed by atoms with van der Waals surface area (Å²) in [6, 6.07) is 5.73. The first-order valence-corrected chi connectivity index (χ1v) is 7.25. The topological polar surface area (TPSA) is 64.3 Å². The minimum atomic E-state index is -0.408. The highest BCUT2D eigenvalue weighted by atomic mass is 32.2. The van der Waals surface area contributed by atoms with Crippen molar-refractivity contribution in [1.82, 2.24) is 0 Å². The summed E-state index contributed by atoms with van der Waals surface area (Å²) in [6.07, 6.45) is 3.10. The highest BCUT2D eigenvalue weighted by molar-refractivity contribution is 7.98. The van der Waals surface area contributed by atoms with Crippen molar-refractivity contribution in [3.63, 3.8) is 0 Å². The number of thioether (sulfide) groups is 1. The Bertz CT molecular complexity index is 410. The van der Waals surface area contributed by atoms with Crippen LogP contribution in [-0.2, 0) is 4.74 Å². The Morgan fingerprint density at radius 1 is 1.56 bits per heavy atom. The minimum Gasteiger partial charge on any atom is -0.465 e. The van der Waals surface area contributed by atoms with Crippen LogP contribution in [0, 0.1) is 0 Å². The van der Waals surface area contributed by atoms with Crippen molar-refractivity contribution in [2.45, 2.75) is 19.4 Å². The fraction of sp³-hybridized carbons (Fsp3) is 0.462. The summed E-state index contributed by atoms with van der Waals surface area (Å²) in [5, 5.41) is 3.39. The highest BCUT2D eigenvalue weighted by Crippen LogP contribution is 2.20. The Balaban J connectivity index is 2.87. The second kappa shape index (κ2) is 7.16. The molecule has 0 saturated heterocycles. The van der Waals surface area contributed by atoms with E-state index in [1.54, 1.807) is 23.9 Å². The van der Waals surface area contributed by atoms with Crippen molar-refractivity contribution in [3.05, 3.63) is 23.8 Å². The monoisotopic (exact) mass is 268 g/mol. The Morgan fingerprint density at radius 2 is 2.28 bits per heavy atom. The van der Waals surface area contributed by atoms with Gasteiger partial charge in [-0.25, -0.2) is 4.79 Å². The molecule has 5 heteroatoms. The lowest BCUT2D eigenvalue weighted by Gasteiger charge is -2.18. The van der Waals surface area contributed by atoms with Gasteiger partial charge in [0.1, 0.15) is 0 Å². The zero-order valence-corrected chi connectivity index (χ0v) is 11.8. The fourth-order valence-corrected chi connectivity index (χ4v) is 2.35. The summed E-state index contributed by atoms with van der Waals surface area (Å²) in [6.45, 7) is 2.13. The van der Waals surface area contributed by atoms with Crippen LogP contribution < -0.4 is 11.1 Å². The van der Waals surface area contributed by atoms with E-state index in [9.17, 15) is 4.79 Å². The van der Waals surface area contributed by atoms with Gasteiger partial charge < -0.3 is 15.8 Å². The number of carbonyl (C=O) groups is 1. The van der Waals surface area contributed by atoms with Gasteiger partial charge in [0, 0.05) is 23.2 Å². The van der Waals surface area contributed by atoms with Crippen LogP contribution in [-0.4, -0.2) is 31.1 Å². The molecule has 100 valence electrons. The largest absolute Gasteiger partial charge is 0.465 e. The van der Waals surface area contributed by atoms with Crippen LogP contribution in [0.3, 0.4) is 0 Å². The second-order valence-electron chi connectivity index (χ2n) is 4.00. The van der Waals surface area contributed by atoms with Crippen LogP contribution in [0.15, 0.2) is 18.2 Å². The van der Waals surface area contributed by atoms with Crippen molar-refractivity contribution in [1.29, 1.82) is 0 Å². The van der Waals surface area contributed by atoms with E-state index in [1.165, 1.54) is 7.11 Å². The third-order valence-corrected chi connectivity index (χ3v) is 3.43. The number of hydrogen-bond donors (Lipinski definition) is 2. The molecule has 1 aromatic carbocycles. The van der Waals surface area contributed by atoms with Crippen molar-refractivity contribution in [3.8, 4) is 0 Å². The van der Waals surface area contributed by atoms with E-state index in [0.29, 0.717) is 17.3 Å². The lowest BCUT2D eigenvalue weighted by Crippen LogP contribution is -2.21. The number of nitrogen functional groups attached to an aromatic ring is 1. The standard InChI is InChI=1S/C13H20N2O2S/c1-4-9(8-18-3)15-10-5-6-12(14)11(7-10)13(16)17-2/h5-7,9,15H,4,8,14H2,1-3H3. The van der Waals surface area contributed by atoms with E-state index in [4.69, 9.17) is 10.5 Å². The molecule has 4 nitrogen and oxygen atoms in total. The second-order valence-corrected chi connectivity index (χ2v) is 4.91. The summed E-state index contributed by atoms with van der Waals surface area (Å²) >= 11 is 1.79. The molecule has 0 aliphatic carbocycles. The van der Waals surface area contributed by atoms with Crippen molar-refractivity contribution in [2.75, 3.05) is 30.2 Å². The molecule has 0 fully saturated rings. The Labute approximate surface area is 112 Å². The third kappa shape index (κ3) is 3.84. The predicted molar refractivity (Wildman–Crippen MR) is 78.3 cm³/mol. The molecule has 0 heterocycles. The molecule has 3 N–H and O–H groups in total. The fourth-order valence-electron chi connectivity index (χ4n) is 1.63. The normalized spacial score (nSPS) is 11.9. The maximum absolute atomic E-state index is 11.5. The number of hydrogen-bond acceptors (Lipinski definition) is 5. The van der Waals surface area contributed by atoms with Crippen molar-refractivity contribution >= 4 is 29.1 Å². The summed E-state index contributed by atoms with van der Waals surface area (Å²) in [4.78, 5) is 11.5. The third-order valence-electron chi connectivity index (χ3n) is 2.69. The molecule has 0 amide bonds. The Kier molecular flexibility index (Phi) is 5.85. The number of anilines is 2. The van der Waals surface area contributed by atoms with Crippen LogP contribution in [0.2, 0.25) is 0 Å². The van der Waals surface area contributed by atoms with Gasteiger partial charge in [-0.3, -0.25) is 0 Å².